The third kappa shape index (κ3) is 5.08. The minimum absolute atomic E-state index is 0.0464. The van der Waals surface area contributed by atoms with Crippen LogP contribution >= 0.6 is 0 Å². The molecule has 0 aliphatic carbocycles. The normalized spacial score (nSPS) is 20.5. The van der Waals surface area contributed by atoms with Crippen molar-refractivity contribution < 1.29 is 19.8 Å². The first-order valence-corrected chi connectivity index (χ1v) is 8.83. The summed E-state index contributed by atoms with van der Waals surface area (Å²) >= 11 is 0. The number of benzene rings is 1. The minimum Gasteiger partial charge on any atom is -0.508 e. The standard InChI is InChI=1S/C20H27NO4/c1-14(2)20(25)21-12-15(8-4-3-5-11-19(23)24)17(13-21)16-9-6-7-10-18(16)22/h3-4,6-7,9-10,14-15,17,22H,5,8,11-13H2,1-2H3,(H,23,24)/b4-3-/t15-,17+/m1/s1. The molecular formula is C20H27NO4. The number of hydrogen-bond donors (Lipinski definition) is 2. The molecule has 0 saturated carbocycles. The van der Waals surface area contributed by atoms with Gasteiger partial charge in [-0.2, -0.15) is 0 Å². The summed E-state index contributed by atoms with van der Waals surface area (Å²) in [6.07, 6.45) is 5.30. The van der Waals surface area contributed by atoms with Crippen LogP contribution < -0.4 is 0 Å². The molecule has 1 amide bonds. The molecule has 1 aromatic rings. The number of aromatic hydroxyl groups is 1. The van der Waals surface area contributed by atoms with Gasteiger partial charge < -0.3 is 15.1 Å². The molecule has 5 nitrogen and oxygen atoms in total. The van der Waals surface area contributed by atoms with E-state index in [-0.39, 0.29) is 35.8 Å². The highest BCUT2D eigenvalue weighted by Gasteiger charge is 2.37. The third-order valence-electron chi connectivity index (χ3n) is 4.71. The fraction of sp³-hybridized carbons (Fsp3) is 0.500. The predicted octanol–water partition coefficient (Wildman–Crippen LogP) is 3.40. The summed E-state index contributed by atoms with van der Waals surface area (Å²) in [6.45, 7) is 5.08. The van der Waals surface area contributed by atoms with Crippen LogP contribution in [0.15, 0.2) is 36.4 Å². The van der Waals surface area contributed by atoms with Gasteiger partial charge in [0.1, 0.15) is 5.75 Å². The van der Waals surface area contributed by atoms with Gasteiger partial charge in [-0.25, -0.2) is 0 Å². The maximum absolute atomic E-state index is 12.4. The topological polar surface area (TPSA) is 77.8 Å². The number of carboxylic acid groups (broad SMARTS) is 1. The highest BCUT2D eigenvalue weighted by molar-refractivity contribution is 5.78. The fourth-order valence-electron chi connectivity index (χ4n) is 3.40. The molecule has 1 aliphatic heterocycles. The number of rotatable bonds is 7. The molecule has 0 spiro atoms. The van der Waals surface area contributed by atoms with Crippen LogP contribution in [0.25, 0.3) is 0 Å². The van der Waals surface area contributed by atoms with E-state index >= 15 is 0 Å². The maximum atomic E-state index is 12.4. The van der Waals surface area contributed by atoms with E-state index < -0.39 is 5.97 Å². The van der Waals surface area contributed by atoms with Crippen molar-refractivity contribution >= 4 is 11.9 Å². The third-order valence-corrected chi connectivity index (χ3v) is 4.71. The second-order valence-corrected chi connectivity index (χ2v) is 6.96. The zero-order chi connectivity index (χ0) is 18.4. The summed E-state index contributed by atoms with van der Waals surface area (Å²) in [5, 5.41) is 18.9. The van der Waals surface area contributed by atoms with Crippen molar-refractivity contribution in [1.82, 2.24) is 4.90 Å². The lowest BCUT2D eigenvalue weighted by molar-refractivity contribution is -0.137. The summed E-state index contributed by atoms with van der Waals surface area (Å²) in [7, 11) is 0. The summed E-state index contributed by atoms with van der Waals surface area (Å²) in [4.78, 5) is 24.8. The lowest BCUT2D eigenvalue weighted by Gasteiger charge is -2.19. The van der Waals surface area contributed by atoms with Crippen LogP contribution in [0.2, 0.25) is 0 Å². The average Bonchev–Trinajstić information content (AvgIpc) is 2.97. The highest BCUT2D eigenvalue weighted by atomic mass is 16.4. The fourth-order valence-corrected chi connectivity index (χ4v) is 3.40. The van der Waals surface area contributed by atoms with Gasteiger partial charge in [-0.3, -0.25) is 9.59 Å². The van der Waals surface area contributed by atoms with Crippen LogP contribution in [-0.2, 0) is 9.59 Å². The molecule has 0 radical (unpaired) electrons. The van der Waals surface area contributed by atoms with E-state index in [0.717, 1.165) is 12.0 Å². The average molecular weight is 345 g/mol. The maximum Gasteiger partial charge on any atom is 0.303 e. The largest absolute Gasteiger partial charge is 0.508 e. The summed E-state index contributed by atoms with van der Waals surface area (Å²) in [5.41, 5.74) is 0.880. The van der Waals surface area contributed by atoms with E-state index in [1.165, 1.54) is 0 Å². The molecule has 2 atom stereocenters. The number of aliphatic carboxylic acids is 1. The lowest BCUT2D eigenvalue weighted by atomic mass is 9.86. The molecule has 0 unspecified atom stereocenters. The van der Waals surface area contributed by atoms with E-state index in [4.69, 9.17) is 5.11 Å². The van der Waals surface area contributed by atoms with Gasteiger partial charge >= 0.3 is 5.97 Å². The van der Waals surface area contributed by atoms with Crippen molar-refractivity contribution in [3.63, 3.8) is 0 Å². The van der Waals surface area contributed by atoms with Gasteiger partial charge in [0.2, 0.25) is 5.91 Å². The number of carbonyl (C=O) groups excluding carboxylic acids is 1. The molecule has 2 N–H and O–H groups in total. The number of amides is 1. The number of para-hydroxylation sites is 1. The first-order valence-electron chi connectivity index (χ1n) is 8.83. The zero-order valence-corrected chi connectivity index (χ0v) is 14.9. The van der Waals surface area contributed by atoms with Gasteiger partial charge in [0.15, 0.2) is 0 Å². The van der Waals surface area contributed by atoms with Gasteiger partial charge in [0.25, 0.3) is 0 Å². The number of phenolic OH excluding ortho intramolecular Hbond substituents is 1. The minimum atomic E-state index is -0.800. The highest BCUT2D eigenvalue weighted by Crippen LogP contribution is 2.39. The Morgan fingerprint density at radius 2 is 1.96 bits per heavy atom. The Bertz CT molecular complexity index is 638. The molecule has 0 aromatic heterocycles. The van der Waals surface area contributed by atoms with Crippen LogP contribution in [-0.4, -0.2) is 40.1 Å². The van der Waals surface area contributed by atoms with Crippen molar-refractivity contribution in [2.45, 2.75) is 39.0 Å². The van der Waals surface area contributed by atoms with Gasteiger partial charge in [0, 0.05) is 31.3 Å². The van der Waals surface area contributed by atoms with Crippen molar-refractivity contribution in [3.8, 4) is 5.75 Å². The number of allylic oxidation sites excluding steroid dienone is 2. The molecule has 136 valence electrons. The van der Waals surface area contributed by atoms with Gasteiger partial charge in [-0.15, -0.1) is 0 Å². The molecule has 1 saturated heterocycles. The molecule has 1 aromatic carbocycles. The van der Waals surface area contributed by atoms with Crippen LogP contribution in [0.1, 0.15) is 44.6 Å². The van der Waals surface area contributed by atoms with E-state index in [2.05, 4.69) is 0 Å². The number of phenols is 1. The quantitative estimate of drug-likeness (QED) is 0.743. The van der Waals surface area contributed by atoms with E-state index in [9.17, 15) is 14.7 Å². The number of hydrogen-bond acceptors (Lipinski definition) is 3. The Morgan fingerprint density at radius 3 is 2.60 bits per heavy atom. The van der Waals surface area contributed by atoms with E-state index in [0.29, 0.717) is 19.5 Å². The number of nitrogens with zero attached hydrogens (tertiary/aromatic N) is 1. The number of likely N-dealkylation sites (tertiary alicyclic amines) is 1. The second-order valence-electron chi connectivity index (χ2n) is 6.96. The molecule has 1 heterocycles. The Morgan fingerprint density at radius 1 is 1.24 bits per heavy atom. The number of carboxylic acids is 1. The Kier molecular flexibility index (Phi) is 6.62. The van der Waals surface area contributed by atoms with Crippen molar-refractivity contribution in [1.29, 1.82) is 0 Å². The Balaban J connectivity index is 2.11. The number of carbonyl (C=O) groups is 2. The monoisotopic (exact) mass is 345 g/mol. The predicted molar refractivity (Wildman–Crippen MR) is 96.4 cm³/mol. The van der Waals surface area contributed by atoms with Gasteiger partial charge in [0.05, 0.1) is 0 Å². The smallest absolute Gasteiger partial charge is 0.303 e. The van der Waals surface area contributed by atoms with Crippen LogP contribution in [0.4, 0.5) is 0 Å². The molecular weight excluding hydrogens is 318 g/mol. The Hall–Kier alpha value is -2.30. The van der Waals surface area contributed by atoms with Gasteiger partial charge in [-0.05, 0) is 30.4 Å². The second kappa shape index (κ2) is 8.70. The first kappa shape index (κ1) is 19.0. The van der Waals surface area contributed by atoms with E-state index in [1.54, 1.807) is 12.1 Å². The zero-order valence-electron chi connectivity index (χ0n) is 14.9. The first-order chi connectivity index (χ1) is 11.9. The summed E-state index contributed by atoms with van der Waals surface area (Å²) < 4.78 is 0. The van der Waals surface area contributed by atoms with Gasteiger partial charge in [-0.1, -0.05) is 44.2 Å². The van der Waals surface area contributed by atoms with E-state index in [1.807, 2.05) is 43.0 Å². The molecule has 0 bridgehead atoms. The lowest BCUT2D eigenvalue weighted by Crippen LogP contribution is -2.32. The molecule has 1 aliphatic rings. The van der Waals surface area contributed by atoms with Crippen LogP contribution in [0, 0.1) is 11.8 Å². The van der Waals surface area contributed by atoms with Crippen molar-refractivity contribution in [3.05, 3.63) is 42.0 Å². The Labute approximate surface area is 149 Å². The van der Waals surface area contributed by atoms with Crippen molar-refractivity contribution in [2.75, 3.05) is 13.1 Å². The van der Waals surface area contributed by atoms with Crippen LogP contribution in [0.5, 0.6) is 5.75 Å². The molecule has 2 rings (SSSR count). The molecule has 1 fully saturated rings. The SMILES string of the molecule is CC(C)C(=O)N1C[C@@H](C/C=C\CCC(=O)O)[C@@H](c2ccccc2O)C1. The summed E-state index contributed by atoms with van der Waals surface area (Å²) in [6, 6.07) is 7.31. The molecule has 5 heteroatoms. The van der Waals surface area contributed by atoms with Crippen molar-refractivity contribution in [2.24, 2.45) is 11.8 Å². The molecule has 25 heavy (non-hydrogen) atoms. The van der Waals surface area contributed by atoms with Crippen LogP contribution in [0.3, 0.4) is 0 Å². The summed E-state index contributed by atoms with van der Waals surface area (Å²) in [5.74, 6) is -0.129.